The van der Waals surface area contributed by atoms with E-state index in [4.69, 9.17) is 5.73 Å². The Morgan fingerprint density at radius 2 is 2.13 bits per heavy atom. The Morgan fingerprint density at radius 1 is 1.33 bits per heavy atom. The van der Waals surface area contributed by atoms with Crippen LogP contribution >= 0.6 is 0 Å². The van der Waals surface area contributed by atoms with Crippen molar-refractivity contribution in [2.24, 2.45) is 16.6 Å². The van der Waals surface area contributed by atoms with E-state index in [0.717, 1.165) is 5.92 Å². The third-order valence-corrected chi connectivity index (χ3v) is 3.58. The van der Waals surface area contributed by atoms with Crippen LogP contribution in [0.25, 0.3) is 0 Å². The molecule has 0 spiro atoms. The van der Waals surface area contributed by atoms with Crippen LogP contribution in [0.5, 0.6) is 0 Å². The summed E-state index contributed by atoms with van der Waals surface area (Å²) in [4.78, 5) is 4.42. The molecule has 0 radical (unpaired) electrons. The average molecular weight is 209 g/mol. The minimum atomic E-state index is 0.531. The highest BCUT2D eigenvalue weighted by molar-refractivity contribution is 5.78. The van der Waals surface area contributed by atoms with E-state index in [9.17, 15) is 0 Å². The number of guanidine groups is 1. The zero-order chi connectivity index (χ0) is 10.7. The van der Waals surface area contributed by atoms with Crippen LogP contribution in [0, 0.1) is 5.92 Å². The summed E-state index contributed by atoms with van der Waals surface area (Å²) in [6.45, 7) is 2.29. The van der Waals surface area contributed by atoms with E-state index < -0.39 is 0 Å². The van der Waals surface area contributed by atoms with Gasteiger partial charge in [-0.1, -0.05) is 26.2 Å². The van der Waals surface area contributed by atoms with Gasteiger partial charge in [-0.25, -0.2) is 0 Å². The zero-order valence-corrected chi connectivity index (χ0v) is 9.71. The first-order valence-electron chi connectivity index (χ1n) is 6.37. The molecule has 0 aromatic rings. The number of nitrogens with two attached hydrogens (primary N) is 1. The summed E-state index contributed by atoms with van der Waals surface area (Å²) in [5.74, 6) is 1.57. The topological polar surface area (TPSA) is 50.4 Å². The lowest BCUT2D eigenvalue weighted by Gasteiger charge is -2.29. The smallest absolute Gasteiger partial charge is 0.189 e. The lowest BCUT2D eigenvalue weighted by molar-refractivity contribution is 0.299. The van der Waals surface area contributed by atoms with Crippen molar-refractivity contribution >= 4 is 5.96 Å². The van der Waals surface area contributed by atoms with Gasteiger partial charge >= 0.3 is 0 Å². The molecule has 2 aliphatic rings. The van der Waals surface area contributed by atoms with Crippen molar-refractivity contribution in [2.75, 3.05) is 0 Å². The molecule has 2 saturated carbocycles. The van der Waals surface area contributed by atoms with Gasteiger partial charge in [-0.05, 0) is 31.6 Å². The molecule has 0 aliphatic heterocycles. The largest absolute Gasteiger partial charge is 0.370 e. The molecule has 15 heavy (non-hydrogen) atoms. The Balaban J connectivity index is 1.77. The SMILES string of the molecule is CCC1CCCC(NC(N)=NC2CC2)C1. The molecule has 0 amide bonds. The lowest BCUT2D eigenvalue weighted by atomic mass is 9.84. The van der Waals surface area contributed by atoms with Crippen LogP contribution in [-0.2, 0) is 0 Å². The average Bonchev–Trinajstić information content (AvgIpc) is 3.02. The summed E-state index contributed by atoms with van der Waals surface area (Å²) in [6.07, 6.45) is 9.03. The highest BCUT2D eigenvalue weighted by Gasteiger charge is 2.23. The summed E-state index contributed by atoms with van der Waals surface area (Å²) < 4.78 is 0. The summed E-state index contributed by atoms with van der Waals surface area (Å²) in [5.41, 5.74) is 5.87. The molecule has 0 aromatic carbocycles. The van der Waals surface area contributed by atoms with Gasteiger partial charge < -0.3 is 11.1 Å². The highest BCUT2D eigenvalue weighted by Crippen LogP contribution is 2.27. The van der Waals surface area contributed by atoms with E-state index in [1.54, 1.807) is 0 Å². The minimum absolute atomic E-state index is 0.531. The molecule has 0 heterocycles. The van der Waals surface area contributed by atoms with E-state index in [-0.39, 0.29) is 0 Å². The van der Waals surface area contributed by atoms with Crippen molar-refractivity contribution in [2.45, 2.75) is 64.0 Å². The predicted octanol–water partition coefficient (Wildman–Crippen LogP) is 2.02. The molecule has 2 unspecified atom stereocenters. The third-order valence-electron chi connectivity index (χ3n) is 3.58. The fourth-order valence-corrected chi connectivity index (χ4v) is 2.44. The molecule has 0 bridgehead atoms. The van der Waals surface area contributed by atoms with Gasteiger partial charge in [0.25, 0.3) is 0 Å². The molecular weight excluding hydrogens is 186 g/mol. The molecule has 0 saturated heterocycles. The number of nitrogens with zero attached hydrogens (tertiary/aromatic N) is 1. The second-order valence-electron chi connectivity index (χ2n) is 5.03. The summed E-state index contributed by atoms with van der Waals surface area (Å²) in [6, 6.07) is 1.11. The maximum atomic E-state index is 5.87. The van der Waals surface area contributed by atoms with Crippen LogP contribution in [0.15, 0.2) is 4.99 Å². The number of rotatable bonds is 3. The van der Waals surface area contributed by atoms with Crippen molar-refractivity contribution in [3.05, 3.63) is 0 Å². The fraction of sp³-hybridized carbons (Fsp3) is 0.917. The van der Waals surface area contributed by atoms with Gasteiger partial charge in [-0.2, -0.15) is 0 Å². The maximum absolute atomic E-state index is 5.87. The number of nitrogens with one attached hydrogen (secondary N) is 1. The van der Waals surface area contributed by atoms with Gasteiger partial charge in [-0.3, -0.25) is 4.99 Å². The highest BCUT2D eigenvalue weighted by atomic mass is 15.1. The molecule has 3 heteroatoms. The monoisotopic (exact) mass is 209 g/mol. The van der Waals surface area contributed by atoms with Crippen molar-refractivity contribution in [1.29, 1.82) is 0 Å². The van der Waals surface area contributed by atoms with Gasteiger partial charge in [0.2, 0.25) is 0 Å². The standard InChI is InChI=1S/C12H23N3/c1-2-9-4-3-5-11(8-9)15-12(13)14-10-6-7-10/h9-11H,2-8H2,1H3,(H3,13,14,15). The van der Waals surface area contributed by atoms with Crippen LogP contribution in [0.2, 0.25) is 0 Å². The molecule has 2 aliphatic carbocycles. The first-order chi connectivity index (χ1) is 7.28. The van der Waals surface area contributed by atoms with Crippen LogP contribution in [0.4, 0.5) is 0 Å². The molecule has 3 nitrogen and oxygen atoms in total. The Bertz CT molecular complexity index is 233. The molecule has 2 rings (SSSR count). The fourth-order valence-electron chi connectivity index (χ4n) is 2.44. The first kappa shape index (κ1) is 10.8. The maximum Gasteiger partial charge on any atom is 0.189 e. The molecule has 86 valence electrons. The second-order valence-corrected chi connectivity index (χ2v) is 5.03. The minimum Gasteiger partial charge on any atom is -0.370 e. The van der Waals surface area contributed by atoms with E-state index in [1.165, 1.54) is 44.9 Å². The van der Waals surface area contributed by atoms with Gasteiger partial charge in [0.1, 0.15) is 0 Å². The van der Waals surface area contributed by atoms with Crippen molar-refractivity contribution < 1.29 is 0 Å². The summed E-state index contributed by atoms with van der Waals surface area (Å²) in [5, 5.41) is 3.38. The Labute approximate surface area is 92.5 Å². The van der Waals surface area contributed by atoms with E-state index in [2.05, 4.69) is 17.2 Å². The Kier molecular flexibility index (Phi) is 3.49. The van der Waals surface area contributed by atoms with Crippen LogP contribution in [-0.4, -0.2) is 18.0 Å². The van der Waals surface area contributed by atoms with Crippen molar-refractivity contribution in [1.82, 2.24) is 5.32 Å². The van der Waals surface area contributed by atoms with E-state index in [1.807, 2.05) is 0 Å². The van der Waals surface area contributed by atoms with E-state index >= 15 is 0 Å². The summed E-state index contributed by atoms with van der Waals surface area (Å²) in [7, 11) is 0. The number of hydrogen-bond acceptors (Lipinski definition) is 1. The first-order valence-corrected chi connectivity index (χ1v) is 6.37. The van der Waals surface area contributed by atoms with Crippen molar-refractivity contribution in [3.8, 4) is 0 Å². The quantitative estimate of drug-likeness (QED) is 0.552. The summed E-state index contributed by atoms with van der Waals surface area (Å²) >= 11 is 0. The van der Waals surface area contributed by atoms with Gasteiger partial charge in [-0.15, -0.1) is 0 Å². The molecule has 0 aromatic heterocycles. The Hall–Kier alpha value is -0.730. The molecular formula is C12H23N3. The van der Waals surface area contributed by atoms with Gasteiger partial charge in [0, 0.05) is 6.04 Å². The number of hydrogen-bond donors (Lipinski definition) is 2. The van der Waals surface area contributed by atoms with Gasteiger partial charge in [0.05, 0.1) is 6.04 Å². The Morgan fingerprint density at radius 3 is 2.80 bits per heavy atom. The normalized spacial score (nSPS) is 32.7. The van der Waals surface area contributed by atoms with Crippen LogP contribution in [0.3, 0.4) is 0 Å². The van der Waals surface area contributed by atoms with Crippen LogP contribution < -0.4 is 11.1 Å². The number of aliphatic imine (C=N–C) groups is 1. The van der Waals surface area contributed by atoms with Crippen molar-refractivity contribution in [3.63, 3.8) is 0 Å². The predicted molar refractivity (Wildman–Crippen MR) is 63.8 cm³/mol. The molecule has 2 fully saturated rings. The third kappa shape index (κ3) is 3.40. The van der Waals surface area contributed by atoms with E-state index in [0.29, 0.717) is 18.0 Å². The molecule has 3 N–H and O–H groups in total. The van der Waals surface area contributed by atoms with Gasteiger partial charge in [0.15, 0.2) is 5.96 Å². The van der Waals surface area contributed by atoms with Crippen LogP contribution in [0.1, 0.15) is 51.9 Å². The zero-order valence-electron chi connectivity index (χ0n) is 9.71. The lowest BCUT2D eigenvalue weighted by Crippen LogP contribution is -2.42. The molecule has 2 atom stereocenters. The second kappa shape index (κ2) is 4.86.